The van der Waals surface area contributed by atoms with Gasteiger partial charge in [-0.3, -0.25) is 4.79 Å². The highest BCUT2D eigenvalue weighted by atomic mass is 16.5. The Labute approximate surface area is 120 Å². The lowest BCUT2D eigenvalue weighted by Gasteiger charge is -2.22. The fourth-order valence-electron chi connectivity index (χ4n) is 2.17. The van der Waals surface area contributed by atoms with Crippen LogP contribution in [0, 0.1) is 11.8 Å². The topological polar surface area (TPSA) is 50.4 Å². The minimum absolute atomic E-state index is 0.00122. The standard InChI is InChI=1S/C16H24N2O2/c1-12(2)16(19)18-15-5-3-14(4-6-15)17-11-13-7-9-20-10-8-13/h3-6,12-13,17H,7-11H2,1-2H3,(H,18,19). The summed E-state index contributed by atoms with van der Waals surface area (Å²) in [7, 11) is 0. The third kappa shape index (κ3) is 4.53. The average molecular weight is 276 g/mol. The lowest BCUT2D eigenvalue weighted by atomic mass is 10.0. The maximum atomic E-state index is 11.6. The molecule has 0 aliphatic carbocycles. The Morgan fingerprint density at radius 2 is 1.80 bits per heavy atom. The Balaban J connectivity index is 1.80. The highest BCUT2D eigenvalue weighted by Crippen LogP contribution is 2.18. The first-order valence-electron chi connectivity index (χ1n) is 7.37. The van der Waals surface area contributed by atoms with E-state index in [0.717, 1.165) is 44.0 Å². The van der Waals surface area contributed by atoms with Gasteiger partial charge in [0.25, 0.3) is 0 Å². The summed E-state index contributed by atoms with van der Waals surface area (Å²) in [5, 5.41) is 6.34. The molecular weight excluding hydrogens is 252 g/mol. The number of carbonyl (C=O) groups excluding carboxylic acids is 1. The van der Waals surface area contributed by atoms with Crippen LogP contribution in [0.25, 0.3) is 0 Å². The Kier molecular flexibility index (Phi) is 5.41. The van der Waals surface area contributed by atoms with E-state index < -0.39 is 0 Å². The maximum Gasteiger partial charge on any atom is 0.226 e. The minimum Gasteiger partial charge on any atom is -0.385 e. The molecule has 110 valence electrons. The molecule has 0 bridgehead atoms. The van der Waals surface area contributed by atoms with Crippen molar-refractivity contribution in [3.63, 3.8) is 0 Å². The molecule has 1 aromatic carbocycles. The highest BCUT2D eigenvalue weighted by molar-refractivity contribution is 5.92. The van der Waals surface area contributed by atoms with Crippen LogP contribution in [0.1, 0.15) is 26.7 Å². The third-order valence-corrected chi connectivity index (χ3v) is 3.61. The van der Waals surface area contributed by atoms with E-state index in [1.807, 2.05) is 38.1 Å². The van der Waals surface area contributed by atoms with E-state index >= 15 is 0 Å². The fraction of sp³-hybridized carbons (Fsp3) is 0.562. The van der Waals surface area contributed by atoms with Crippen LogP contribution in [-0.2, 0) is 9.53 Å². The zero-order valence-electron chi connectivity index (χ0n) is 12.3. The summed E-state index contributed by atoms with van der Waals surface area (Å²) in [4.78, 5) is 11.6. The molecule has 2 N–H and O–H groups in total. The number of amides is 1. The average Bonchev–Trinajstić information content (AvgIpc) is 2.47. The maximum absolute atomic E-state index is 11.6. The predicted molar refractivity (Wildman–Crippen MR) is 81.9 cm³/mol. The molecule has 0 radical (unpaired) electrons. The minimum atomic E-state index is 0.00122. The monoisotopic (exact) mass is 276 g/mol. The van der Waals surface area contributed by atoms with Crippen LogP contribution in [-0.4, -0.2) is 25.7 Å². The molecule has 1 aliphatic heterocycles. The molecule has 0 spiro atoms. The van der Waals surface area contributed by atoms with Crippen LogP contribution in [0.2, 0.25) is 0 Å². The van der Waals surface area contributed by atoms with E-state index in [-0.39, 0.29) is 11.8 Å². The van der Waals surface area contributed by atoms with Gasteiger partial charge in [0.15, 0.2) is 0 Å². The van der Waals surface area contributed by atoms with Crippen LogP contribution in [0.15, 0.2) is 24.3 Å². The molecular formula is C16H24N2O2. The van der Waals surface area contributed by atoms with Crippen molar-refractivity contribution in [3.8, 4) is 0 Å². The predicted octanol–water partition coefficient (Wildman–Crippen LogP) is 3.12. The Bertz CT molecular complexity index is 423. The van der Waals surface area contributed by atoms with Crippen molar-refractivity contribution >= 4 is 17.3 Å². The second-order valence-corrected chi connectivity index (χ2v) is 5.66. The zero-order chi connectivity index (χ0) is 14.4. The number of anilines is 2. The number of hydrogen-bond acceptors (Lipinski definition) is 3. The molecule has 1 fully saturated rings. The van der Waals surface area contributed by atoms with Gasteiger partial charge < -0.3 is 15.4 Å². The molecule has 0 atom stereocenters. The van der Waals surface area contributed by atoms with Gasteiger partial charge >= 0.3 is 0 Å². The molecule has 1 saturated heterocycles. The molecule has 4 nitrogen and oxygen atoms in total. The van der Waals surface area contributed by atoms with E-state index in [0.29, 0.717) is 5.92 Å². The molecule has 1 heterocycles. The van der Waals surface area contributed by atoms with Gasteiger partial charge in [0.2, 0.25) is 5.91 Å². The van der Waals surface area contributed by atoms with Crippen molar-refractivity contribution < 1.29 is 9.53 Å². The number of ether oxygens (including phenoxy) is 1. The number of nitrogens with one attached hydrogen (secondary N) is 2. The molecule has 0 unspecified atom stereocenters. The molecule has 1 aliphatic rings. The molecule has 4 heteroatoms. The van der Waals surface area contributed by atoms with Gasteiger partial charge in [0, 0.05) is 37.1 Å². The summed E-state index contributed by atoms with van der Waals surface area (Å²) in [6.07, 6.45) is 2.27. The molecule has 1 aromatic rings. The first kappa shape index (κ1) is 14.9. The van der Waals surface area contributed by atoms with Crippen molar-refractivity contribution in [2.45, 2.75) is 26.7 Å². The van der Waals surface area contributed by atoms with Crippen LogP contribution >= 0.6 is 0 Å². The Hall–Kier alpha value is -1.55. The van der Waals surface area contributed by atoms with Gasteiger partial charge in [0.05, 0.1) is 0 Å². The van der Waals surface area contributed by atoms with E-state index in [9.17, 15) is 4.79 Å². The van der Waals surface area contributed by atoms with E-state index in [2.05, 4.69) is 10.6 Å². The third-order valence-electron chi connectivity index (χ3n) is 3.61. The number of carbonyl (C=O) groups is 1. The van der Waals surface area contributed by atoms with Gasteiger partial charge in [0.1, 0.15) is 0 Å². The molecule has 0 aromatic heterocycles. The quantitative estimate of drug-likeness (QED) is 0.868. The number of rotatable bonds is 5. The summed E-state index contributed by atoms with van der Waals surface area (Å²) in [6, 6.07) is 7.89. The number of benzene rings is 1. The van der Waals surface area contributed by atoms with Crippen LogP contribution in [0.5, 0.6) is 0 Å². The zero-order valence-corrected chi connectivity index (χ0v) is 12.3. The van der Waals surface area contributed by atoms with Crippen LogP contribution < -0.4 is 10.6 Å². The second-order valence-electron chi connectivity index (χ2n) is 5.66. The van der Waals surface area contributed by atoms with Crippen LogP contribution in [0.3, 0.4) is 0 Å². The van der Waals surface area contributed by atoms with E-state index in [4.69, 9.17) is 4.74 Å². The Morgan fingerprint density at radius 1 is 1.20 bits per heavy atom. The summed E-state index contributed by atoms with van der Waals surface area (Å²) < 4.78 is 5.36. The van der Waals surface area contributed by atoms with Gasteiger partial charge in [-0.2, -0.15) is 0 Å². The van der Waals surface area contributed by atoms with E-state index in [1.54, 1.807) is 0 Å². The number of hydrogen-bond donors (Lipinski definition) is 2. The lowest BCUT2D eigenvalue weighted by molar-refractivity contribution is -0.118. The fourth-order valence-corrected chi connectivity index (χ4v) is 2.17. The van der Waals surface area contributed by atoms with Gasteiger partial charge in [-0.15, -0.1) is 0 Å². The summed E-state index contributed by atoms with van der Waals surface area (Å²) >= 11 is 0. The Morgan fingerprint density at radius 3 is 2.40 bits per heavy atom. The second kappa shape index (κ2) is 7.29. The lowest BCUT2D eigenvalue weighted by Crippen LogP contribution is -2.22. The molecule has 2 rings (SSSR count). The van der Waals surface area contributed by atoms with Gasteiger partial charge in [-0.05, 0) is 43.0 Å². The molecule has 0 saturated carbocycles. The van der Waals surface area contributed by atoms with Crippen LogP contribution in [0.4, 0.5) is 11.4 Å². The van der Waals surface area contributed by atoms with Crippen molar-refractivity contribution in [1.29, 1.82) is 0 Å². The summed E-state index contributed by atoms with van der Waals surface area (Å²) in [6.45, 7) is 6.53. The largest absolute Gasteiger partial charge is 0.385 e. The normalized spacial score (nSPS) is 16.1. The van der Waals surface area contributed by atoms with Crippen molar-refractivity contribution in [2.75, 3.05) is 30.4 Å². The van der Waals surface area contributed by atoms with Gasteiger partial charge in [-0.1, -0.05) is 13.8 Å². The highest BCUT2D eigenvalue weighted by Gasteiger charge is 2.13. The SMILES string of the molecule is CC(C)C(=O)Nc1ccc(NCC2CCOCC2)cc1. The van der Waals surface area contributed by atoms with Crippen molar-refractivity contribution in [3.05, 3.63) is 24.3 Å². The van der Waals surface area contributed by atoms with E-state index in [1.165, 1.54) is 0 Å². The molecule has 1 amide bonds. The van der Waals surface area contributed by atoms with Crippen molar-refractivity contribution in [1.82, 2.24) is 0 Å². The smallest absolute Gasteiger partial charge is 0.226 e. The van der Waals surface area contributed by atoms with Gasteiger partial charge in [-0.25, -0.2) is 0 Å². The molecule has 20 heavy (non-hydrogen) atoms. The summed E-state index contributed by atoms with van der Waals surface area (Å²) in [5.41, 5.74) is 1.94. The first-order valence-corrected chi connectivity index (χ1v) is 7.37. The summed E-state index contributed by atoms with van der Waals surface area (Å²) in [5.74, 6) is 0.748. The first-order chi connectivity index (χ1) is 9.65. The van der Waals surface area contributed by atoms with Crippen molar-refractivity contribution in [2.24, 2.45) is 11.8 Å².